The molecule has 0 aliphatic heterocycles. The van der Waals surface area contributed by atoms with E-state index in [0.717, 1.165) is 4.31 Å². The van der Waals surface area contributed by atoms with Crippen LogP contribution < -0.4 is 4.31 Å². The molecule has 0 heterocycles. The average Bonchev–Trinajstić information content (AvgIpc) is 2.70. The van der Waals surface area contributed by atoms with E-state index in [4.69, 9.17) is 0 Å². The minimum Gasteiger partial charge on any atom is -0.289 e. The molecule has 130 valence electrons. The molecule has 3 aromatic rings. The summed E-state index contributed by atoms with van der Waals surface area (Å²) >= 11 is 0. The number of benzene rings is 3. The van der Waals surface area contributed by atoms with Gasteiger partial charge in [-0.15, -0.1) is 0 Å². The third kappa shape index (κ3) is 3.90. The second-order valence-electron chi connectivity index (χ2n) is 5.50. The molecular formula is C21H17NO3S. The van der Waals surface area contributed by atoms with Crippen LogP contribution in [0.15, 0.2) is 108 Å². The van der Waals surface area contributed by atoms with Crippen molar-refractivity contribution in [1.82, 2.24) is 0 Å². The molecular weight excluding hydrogens is 346 g/mol. The molecule has 0 fully saturated rings. The van der Waals surface area contributed by atoms with Crippen molar-refractivity contribution in [3.8, 4) is 0 Å². The van der Waals surface area contributed by atoms with E-state index in [0.29, 0.717) is 11.3 Å². The zero-order valence-corrected chi connectivity index (χ0v) is 14.7. The van der Waals surface area contributed by atoms with E-state index in [9.17, 15) is 13.2 Å². The van der Waals surface area contributed by atoms with Gasteiger partial charge >= 0.3 is 0 Å². The van der Waals surface area contributed by atoms with E-state index in [1.54, 1.807) is 72.8 Å². The minimum absolute atomic E-state index is 0.153. The maximum absolute atomic E-state index is 13.0. The van der Waals surface area contributed by atoms with Crippen LogP contribution in [-0.4, -0.2) is 14.2 Å². The Morgan fingerprint density at radius 2 is 1.23 bits per heavy atom. The van der Waals surface area contributed by atoms with Crippen molar-refractivity contribution in [2.75, 3.05) is 4.31 Å². The van der Waals surface area contributed by atoms with Crippen LogP contribution in [0.2, 0.25) is 0 Å². The van der Waals surface area contributed by atoms with Gasteiger partial charge in [-0.25, -0.2) is 12.7 Å². The second-order valence-corrected chi connectivity index (χ2v) is 7.31. The topological polar surface area (TPSA) is 54.5 Å². The molecule has 0 bridgehead atoms. The van der Waals surface area contributed by atoms with Gasteiger partial charge in [0.25, 0.3) is 10.0 Å². The second kappa shape index (κ2) is 7.80. The lowest BCUT2D eigenvalue weighted by atomic mass is 10.1. The molecule has 0 unspecified atom stereocenters. The third-order valence-corrected chi connectivity index (χ3v) is 5.45. The lowest BCUT2D eigenvalue weighted by Gasteiger charge is -2.20. The van der Waals surface area contributed by atoms with Gasteiger partial charge in [0, 0.05) is 17.8 Å². The molecule has 0 spiro atoms. The Kier molecular flexibility index (Phi) is 5.29. The van der Waals surface area contributed by atoms with E-state index < -0.39 is 10.0 Å². The Morgan fingerprint density at radius 3 is 1.81 bits per heavy atom. The number of ketones is 1. The summed E-state index contributed by atoms with van der Waals surface area (Å²) in [6, 6.07) is 25.5. The molecule has 0 saturated heterocycles. The van der Waals surface area contributed by atoms with Gasteiger partial charge in [-0.1, -0.05) is 66.7 Å². The monoisotopic (exact) mass is 363 g/mol. The highest BCUT2D eigenvalue weighted by Gasteiger charge is 2.23. The van der Waals surface area contributed by atoms with Crippen LogP contribution in [0.1, 0.15) is 10.4 Å². The summed E-state index contributed by atoms with van der Waals surface area (Å²) in [6.45, 7) is 0. The highest BCUT2D eigenvalue weighted by molar-refractivity contribution is 7.93. The van der Waals surface area contributed by atoms with Crippen molar-refractivity contribution in [1.29, 1.82) is 0 Å². The molecule has 0 radical (unpaired) electrons. The fourth-order valence-corrected chi connectivity index (χ4v) is 3.77. The van der Waals surface area contributed by atoms with Crippen LogP contribution in [0.3, 0.4) is 0 Å². The lowest BCUT2D eigenvalue weighted by molar-refractivity contribution is 0.104. The molecule has 3 aromatic carbocycles. The lowest BCUT2D eigenvalue weighted by Crippen LogP contribution is -2.25. The first-order valence-corrected chi connectivity index (χ1v) is 9.45. The van der Waals surface area contributed by atoms with Crippen molar-refractivity contribution < 1.29 is 13.2 Å². The van der Waals surface area contributed by atoms with Gasteiger partial charge in [0.05, 0.1) is 10.6 Å². The molecule has 0 aromatic heterocycles. The van der Waals surface area contributed by atoms with E-state index in [-0.39, 0.29) is 10.7 Å². The predicted octanol–water partition coefficient (Wildman–Crippen LogP) is 4.28. The van der Waals surface area contributed by atoms with Gasteiger partial charge in [-0.2, -0.15) is 0 Å². The highest BCUT2D eigenvalue weighted by atomic mass is 32.2. The number of anilines is 1. The first kappa shape index (κ1) is 17.6. The number of nitrogens with zero attached hydrogens (tertiary/aromatic N) is 1. The van der Waals surface area contributed by atoms with Crippen molar-refractivity contribution in [2.45, 2.75) is 4.90 Å². The third-order valence-electron chi connectivity index (χ3n) is 3.73. The zero-order chi connectivity index (χ0) is 18.4. The summed E-state index contributed by atoms with van der Waals surface area (Å²) in [7, 11) is -3.84. The number of sulfonamides is 1. The van der Waals surface area contributed by atoms with Gasteiger partial charge in [0.2, 0.25) is 0 Å². The number of carbonyl (C=O) groups excluding carboxylic acids is 1. The van der Waals surface area contributed by atoms with Gasteiger partial charge in [-0.3, -0.25) is 4.79 Å². The number of carbonyl (C=O) groups is 1. The number of allylic oxidation sites excluding steroid dienone is 1. The summed E-state index contributed by atoms with van der Waals surface area (Å²) in [6.07, 6.45) is 2.57. The largest absolute Gasteiger partial charge is 0.289 e. The Bertz CT molecular complexity index is 999. The molecule has 0 amide bonds. The maximum atomic E-state index is 13.0. The van der Waals surface area contributed by atoms with Crippen LogP contribution >= 0.6 is 0 Å². The first-order valence-electron chi connectivity index (χ1n) is 8.01. The number of rotatable bonds is 6. The van der Waals surface area contributed by atoms with Crippen LogP contribution in [0.25, 0.3) is 0 Å². The molecule has 5 heteroatoms. The summed E-state index contributed by atoms with van der Waals surface area (Å²) in [5.74, 6) is -0.269. The molecule has 0 atom stereocenters. The van der Waals surface area contributed by atoms with E-state index in [1.165, 1.54) is 24.4 Å². The fraction of sp³-hybridized carbons (Fsp3) is 0. The summed E-state index contributed by atoms with van der Waals surface area (Å²) in [4.78, 5) is 12.5. The summed E-state index contributed by atoms with van der Waals surface area (Å²) in [5, 5.41) is 0. The molecule has 0 aliphatic rings. The zero-order valence-electron chi connectivity index (χ0n) is 13.9. The van der Waals surface area contributed by atoms with Crippen molar-refractivity contribution in [3.05, 3.63) is 109 Å². The molecule has 0 N–H and O–H groups in total. The van der Waals surface area contributed by atoms with Crippen LogP contribution in [-0.2, 0) is 10.0 Å². The van der Waals surface area contributed by atoms with Gasteiger partial charge < -0.3 is 0 Å². The van der Waals surface area contributed by atoms with E-state index in [2.05, 4.69) is 0 Å². The minimum atomic E-state index is -3.84. The number of para-hydroxylation sites is 1. The molecule has 3 rings (SSSR count). The molecule has 26 heavy (non-hydrogen) atoms. The Labute approximate surface area is 153 Å². The summed E-state index contributed by atoms with van der Waals surface area (Å²) in [5.41, 5.74) is 0.947. The molecule has 4 nitrogen and oxygen atoms in total. The van der Waals surface area contributed by atoms with Crippen LogP contribution in [0, 0.1) is 0 Å². The normalized spacial score (nSPS) is 11.4. The van der Waals surface area contributed by atoms with Crippen molar-refractivity contribution in [2.24, 2.45) is 0 Å². The maximum Gasteiger partial charge on any atom is 0.268 e. The molecule has 0 aliphatic carbocycles. The Balaban J connectivity index is 2.00. The first-order chi connectivity index (χ1) is 12.6. The Hall–Kier alpha value is -3.18. The fourth-order valence-electron chi connectivity index (χ4n) is 2.42. The number of hydrogen-bond donors (Lipinski definition) is 0. The number of hydrogen-bond acceptors (Lipinski definition) is 3. The van der Waals surface area contributed by atoms with E-state index in [1.807, 2.05) is 6.07 Å². The van der Waals surface area contributed by atoms with Crippen LogP contribution in [0.4, 0.5) is 5.69 Å². The van der Waals surface area contributed by atoms with E-state index >= 15 is 0 Å². The van der Waals surface area contributed by atoms with Gasteiger partial charge in [0.15, 0.2) is 5.78 Å². The van der Waals surface area contributed by atoms with Crippen molar-refractivity contribution >= 4 is 21.5 Å². The standard InChI is InChI=1S/C21H17NO3S/c23-21(18-10-4-1-5-11-18)16-17-22(19-12-6-2-7-13-19)26(24,25)20-14-8-3-9-15-20/h1-17H/b17-16+. The molecule has 0 saturated carbocycles. The van der Waals surface area contributed by atoms with Gasteiger partial charge in [-0.05, 0) is 24.3 Å². The van der Waals surface area contributed by atoms with Crippen LogP contribution in [0.5, 0.6) is 0 Å². The highest BCUT2D eigenvalue weighted by Crippen LogP contribution is 2.24. The Morgan fingerprint density at radius 1 is 0.731 bits per heavy atom. The summed E-state index contributed by atoms with van der Waals surface area (Å²) < 4.78 is 27.2. The predicted molar refractivity (Wildman–Crippen MR) is 102 cm³/mol. The average molecular weight is 363 g/mol. The van der Waals surface area contributed by atoms with Gasteiger partial charge in [0.1, 0.15) is 0 Å². The van der Waals surface area contributed by atoms with Crippen molar-refractivity contribution in [3.63, 3.8) is 0 Å². The smallest absolute Gasteiger partial charge is 0.268 e. The quantitative estimate of drug-likeness (QED) is 0.485. The SMILES string of the molecule is O=C(/C=C/N(c1ccccc1)S(=O)(=O)c1ccccc1)c1ccccc1.